The number of hydrogen-bond acceptors (Lipinski definition) is 4. The van der Waals surface area contributed by atoms with Gasteiger partial charge in [-0.05, 0) is 42.7 Å². The van der Waals surface area contributed by atoms with Crippen LogP contribution in [0.5, 0.6) is 5.75 Å². The molecule has 1 aliphatic rings. The van der Waals surface area contributed by atoms with Crippen LogP contribution in [-0.4, -0.2) is 46.2 Å². The van der Waals surface area contributed by atoms with Gasteiger partial charge in [-0.2, -0.15) is 0 Å². The maximum Gasteiger partial charge on any atom is 0.227 e. The zero-order valence-electron chi connectivity index (χ0n) is 13.6. The molecule has 1 amide bonds. The zero-order valence-corrected chi connectivity index (χ0v) is 13.6. The minimum absolute atomic E-state index is 0.0269. The molecular weight excluding hydrogens is 304 g/mol. The number of hydrogen-bond donors (Lipinski definition) is 1. The molecule has 5 nitrogen and oxygen atoms in total. The van der Waals surface area contributed by atoms with Crippen LogP contribution in [0.1, 0.15) is 18.4 Å². The van der Waals surface area contributed by atoms with Crippen molar-refractivity contribution in [3.05, 3.63) is 60.4 Å². The largest absolute Gasteiger partial charge is 0.491 e. The molecule has 126 valence electrons. The fraction of sp³-hybridized carbons (Fsp3) is 0.368. The van der Waals surface area contributed by atoms with Crippen LogP contribution in [0, 0.1) is 0 Å². The Labute approximate surface area is 141 Å². The van der Waals surface area contributed by atoms with Gasteiger partial charge in [-0.15, -0.1) is 0 Å². The normalized spacial score (nSPS) is 20.6. The number of pyridine rings is 1. The Morgan fingerprint density at radius 2 is 1.96 bits per heavy atom. The third kappa shape index (κ3) is 4.32. The summed E-state index contributed by atoms with van der Waals surface area (Å²) in [6.45, 7) is 1.18. The summed E-state index contributed by atoms with van der Waals surface area (Å²) in [5.74, 6) is 0.755. The fourth-order valence-corrected chi connectivity index (χ4v) is 2.96. The first-order chi connectivity index (χ1) is 11.6. The van der Waals surface area contributed by atoms with Crippen molar-refractivity contribution in [2.24, 2.45) is 0 Å². The maximum absolute atomic E-state index is 12.5. The summed E-state index contributed by atoms with van der Waals surface area (Å²) in [5, 5.41) is 10.8. The molecular formula is C19H22N2O3. The van der Waals surface area contributed by atoms with Gasteiger partial charge in [0, 0.05) is 18.9 Å². The van der Waals surface area contributed by atoms with Crippen LogP contribution in [0.25, 0.3) is 0 Å². The van der Waals surface area contributed by atoms with Crippen LogP contribution in [-0.2, 0) is 11.2 Å². The summed E-state index contributed by atoms with van der Waals surface area (Å²) in [6.07, 6.45) is 5.11. The van der Waals surface area contributed by atoms with Gasteiger partial charge >= 0.3 is 0 Å². The van der Waals surface area contributed by atoms with Gasteiger partial charge in [-0.3, -0.25) is 9.78 Å². The molecule has 1 aliphatic heterocycles. The van der Waals surface area contributed by atoms with E-state index >= 15 is 0 Å². The first-order valence-corrected chi connectivity index (χ1v) is 8.22. The maximum atomic E-state index is 12.5. The summed E-state index contributed by atoms with van der Waals surface area (Å²) in [7, 11) is 0. The SMILES string of the molecule is O=C(Cc1ccncc1)N1CCCC(O)(COc2ccccc2)C1. The first kappa shape index (κ1) is 16.5. The molecule has 1 aromatic heterocycles. The van der Waals surface area contributed by atoms with Gasteiger partial charge in [0.2, 0.25) is 5.91 Å². The smallest absolute Gasteiger partial charge is 0.227 e. The van der Waals surface area contributed by atoms with Crippen molar-refractivity contribution < 1.29 is 14.6 Å². The molecule has 0 aliphatic carbocycles. The molecule has 1 saturated heterocycles. The number of β-amino-alcohol motifs (C(OH)–C–C–N with tert-alkyl or cyclic N) is 1. The number of piperidine rings is 1. The number of carbonyl (C=O) groups is 1. The van der Waals surface area contributed by atoms with Crippen LogP contribution in [0.4, 0.5) is 0 Å². The van der Waals surface area contributed by atoms with Crippen molar-refractivity contribution in [3.63, 3.8) is 0 Å². The Morgan fingerprint density at radius 1 is 1.21 bits per heavy atom. The second kappa shape index (κ2) is 7.45. The molecule has 0 saturated carbocycles. The molecule has 1 aromatic carbocycles. The average Bonchev–Trinajstić information content (AvgIpc) is 2.62. The van der Waals surface area contributed by atoms with Crippen molar-refractivity contribution in [2.75, 3.05) is 19.7 Å². The minimum Gasteiger partial charge on any atom is -0.491 e. The standard InChI is InChI=1S/C19H22N2O3/c22-18(13-16-7-10-20-11-8-16)21-12-4-9-19(23,14-21)15-24-17-5-2-1-3-6-17/h1-3,5-8,10-11,23H,4,9,12-15H2. The van der Waals surface area contributed by atoms with Gasteiger partial charge in [0.1, 0.15) is 18.0 Å². The molecule has 24 heavy (non-hydrogen) atoms. The molecule has 1 N–H and O–H groups in total. The van der Waals surface area contributed by atoms with Crippen molar-refractivity contribution >= 4 is 5.91 Å². The van der Waals surface area contributed by atoms with E-state index in [4.69, 9.17) is 4.74 Å². The Morgan fingerprint density at radius 3 is 2.71 bits per heavy atom. The Balaban J connectivity index is 1.57. The van der Waals surface area contributed by atoms with Gasteiger partial charge in [0.15, 0.2) is 0 Å². The fourth-order valence-electron chi connectivity index (χ4n) is 2.96. The molecule has 1 unspecified atom stereocenters. The summed E-state index contributed by atoms with van der Waals surface area (Å²) < 4.78 is 5.70. The van der Waals surface area contributed by atoms with Gasteiger partial charge in [0.25, 0.3) is 0 Å². The number of para-hydroxylation sites is 1. The molecule has 0 spiro atoms. The van der Waals surface area contributed by atoms with Crippen molar-refractivity contribution in [1.82, 2.24) is 9.88 Å². The van der Waals surface area contributed by atoms with Crippen LogP contribution in [0.15, 0.2) is 54.9 Å². The lowest BCUT2D eigenvalue weighted by molar-refractivity contribution is -0.139. The summed E-state index contributed by atoms with van der Waals surface area (Å²) in [5.41, 5.74) is -0.0632. The number of benzene rings is 1. The van der Waals surface area contributed by atoms with E-state index in [0.717, 1.165) is 17.7 Å². The zero-order chi connectivity index (χ0) is 16.8. The second-order valence-corrected chi connectivity index (χ2v) is 6.28. The number of nitrogens with zero attached hydrogens (tertiary/aromatic N) is 2. The number of rotatable bonds is 5. The van der Waals surface area contributed by atoms with Gasteiger partial charge in [0.05, 0.1) is 13.0 Å². The molecule has 1 fully saturated rings. The molecule has 3 rings (SSSR count). The van der Waals surface area contributed by atoms with E-state index in [0.29, 0.717) is 25.9 Å². The Bertz CT molecular complexity index is 663. The number of aromatic nitrogens is 1. The van der Waals surface area contributed by atoms with Gasteiger partial charge in [-0.25, -0.2) is 0 Å². The monoisotopic (exact) mass is 326 g/mol. The third-order valence-electron chi connectivity index (χ3n) is 4.26. The molecule has 0 bridgehead atoms. The van der Waals surface area contributed by atoms with Crippen LogP contribution >= 0.6 is 0 Å². The lowest BCUT2D eigenvalue weighted by atomic mass is 9.93. The van der Waals surface area contributed by atoms with E-state index in [1.165, 1.54) is 0 Å². The number of ether oxygens (including phenoxy) is 1. The minimum atomic E-state index is -0.998. The van der Waals surface area contributed by atoms with Crippen LogP contribution < -0.4 is 4.74 Å². The first-order valence-electron chi connectivity index (χ1n) is 8.22. The molecule has 2 aromatic rings. The van der Waals surface area contributed by atoms with Crippen LogP contribution in [0.2, 0.25) is 0 Å². The summed E-state index contributed by atoms with van der Waals surface area (Å²) in [4.78, 5) is 18.2. The van der Waals surface area contributed by atoms with Crippen molar-refractivity contribution in [2.45, 2.75) is 24.9 Å². The molecule has 0 radical (unpaired) electrons. The highest BCUT2D eigenvalue weighted by Crippen LogP contribution is 2.23. The highest BCUT2D eigenvalue weighted by molar-refractivity contribution is 5.78. The lowest BCUT2D eigenvalue weighted by Gasteiger charge is -2.39. The highest BCUT2D eigenvalue weighted by atomic mass is 16.5. The van der Waals surface area contributed by atoms with Crippen molar-refractivity contribution in [1.29, 1.82) is 0 Å². The highest BCUT2D eigenvalue weighted by Gasteiger charge is 2.36. The molecule has 5 heteroatoms. The number of likely N-dealkylation sites (tertiary alicyclic amines) is 1. The predicted molar refractivity (Wildman–Crippen MR) is 90.6 cm³/mol. The Hall–Kier alpha value is -2.40. The second-order valence-electron chi connectivity index (χ2n) is 6.28. The molecule has 1 atom stereocenters. The number of carbonyl (C=O) groups excluding carboxylic acids is 1. The van der Waals surface area contributed by atoms with Crippen LogP contribution in [0.3, 0.4) is 0 Å². The lowest BCUT2D eigenvalue weighted by Crippen LogP contribution is -2.53. The topological polar surface area (TPSA) is 62.7 Å². The summed E-state index contributed by atoms with van der Waals surface area (Å²) >= 11 is 0. The van der Waals surface area contributed by atoms with E-state index in [1.807, 2.05) is 42.5 Å². The quantitative estimate of drug-likeness (QED) is 0.913. The van der Waals surface area contributed by atoms with E-state index in [9.17, 15) is 9.90 Å². The third-order valence-corrected chi connectivity index (χ3v) is 4.26. The number of amides is 1. The van der Waals surface area contributed by atoms with Gasteiger partial charge in [-0.1, -0.05) is 18.2 Å². The molecule has 2 heterocycles. The van der Waals surface area contributed by atoms with Gasteiger partial charge < -0.3 is 14.7 Å². The average molecular weight is 326 g/mol. The van der Waals surface area contributed by atoms with E-state index in [2.05, 4.69) is 4.98 Å². The van der Waals surface area contributed by atoms with Crippen molar-refractivity contribution in [3.8, 4) is 5.75 Å². The Kier molecular flexibility index (Phi) is 5.11. The van der Waals surface area contributed by atoms with E-state index < -0.39 is 5.60 Å². The predicted octanol–water partition coefficient (Wildman–Crippen LogP) is 2.06. The van der Waals surface area contributed by atoms with E-state index in [-0.39, 0.29) is 12.5 Å². The summed E-state index contributed by atoms with van der Waals surface area (Å²) in [6, 6.07) is 13.1. The van der Waals surface area contributed by atoms with E-state index in [1.54, 1.807) is 17.3 Å². The number of aliphatic hydroxyl groups is 1.